The Balaban J connectivity index is 1.13. The fourth-order valence-corrected chi connectivity index (χ4v) is 5.56. The SMILES string of the molecule is O=C(O)CC[C@H](NC(=O)OCc1ccccc1)C(=O)Nc1ccc2cccc(OC[C@H]3CCCN3c3ncnc4nc[nH]c34)c2c1. The Morgan fingerprint density at radius 3 is 2.76 bits per heavy atom. The molecule has 4 N–H and O–H groups in total. The Kier molecular flexibility index (Phi) is 9.18. The Morgan fingerprint density at radius 2 is 1.91 bits per heavy atom. The summed E-state index contributed by atoms with van der Waals surface area (Å²) < 4.78 is 11.6. The third-order valence-corrected chi connectivity index (χ3v) is 7.86. The van der Waals surface area contributed by atoms with Crippen LogP contribution in [0.15, 0.2) is 79.4 Å². The molecule has 5 aromatic rings. The molecular weight excluding hydrogens is 590 g/mol. The van der Waals surface area contributed by atoms with Crippen LogP contribution in [-0.4, -0.2) is 68.2 Å². The Bertz CT molecular complexity index is 1850. The summed E-state index contributed by atoms with van der Waals surface area (Å²) in [6.45, 7) is 1.27. The number of aromatic amines is 1. The normalized spacial score (nSPS) is 15.0. The van der Waals surface area contributed by atoms with Gasteiger partial charge in [-0.05, 0) is 48.4 Å². The van der Waals surface area contributed by atoms with Crippen molar-refractivity contribution < 1.29 is 29.0 Å². The molecule has 13 heteroatoms. The number of H-pyrrole nitrogens is 1. The second kappa shape index (κ2) is 13.9. The Morgan fingerprint density at radius 1 is 1.04 bits per heavy atom. The number of hydrogen-bond acceptors (Lipinski definition) is 9. The van der Waals surface area contributed by atoms with E-state index in [0.717, 1.165) is 47.1 Å². The van der Waals surface area contributed by atoms with Gasteiger partial charge in [0.25, 0.3) is 0 Å². The second-order valence-corrected chi connectivity index (χ2v) is 11.0. The summed E-state index contributed by atoms with van der Waals surface area (Å²) in [4.78, 5) is 55.4. The quantitative estimate of drug-likeness (QED) is 0.153. The third kappa shape index (κ3) is 7.15. The number of rotatable bonds is 12. The van der Waals surface area contributed by atoms with E-state index >= 15 is 0 Å². The number of benzene rings is 3. The summed E-state index contributed by atoms with van der Waals surface area (Å²) in [6.07, 6.45) is 3.81. The Labute approximate surface area is 264 Å². The van der Waals surface area contributed by atoms with Crippen LogP contribution in [-0.2, 0) is 20.9 Å². The smallest absolute Gasteiger partial charge is 0.408 e. The number of nitrogens with zero attached hydrogens (tertiary/aromatic N) is 4. The molecule has 1 aliphatic rings. The largest absolute Gasteiger partial charge is 0.491 e. The van der Waals surface area contributed by atoms with Gasteiger partial charge in [-0.2, -0.15) is 0 Å². The fourth-order valence-electron chi connectivity index (χ4n) is 5.56. The molecule has 6 rings (SSSR count). The highest BCUT2D eigenvalue weighted by molar-refractivity contribution is 5.99. The zero-order chi connectivity index (χ0) is 31.9. The fraction of sp³-hybridized carbons (Fsp3) is 0.273. The minimum atomic E-state index is -1.13. The molecule has 2 aromatic heterocycles. The van der Waals surface area contributed by atoms with E-state index in [1.807, 2.05) is 42.5 Å². The van der Waals surface area contributed by atoms with Crippen molar-refractivity contribution in [1.82, 2.24) is 25.3 Å². The van der Waals surface area contributed by atoms with E-state index in [-0.39, 0.29) is 25.5 Å². The van der Waals surface area contributed by atoms with Crippen molar-refractivity contribution in [2.24, 2.45) is 0 Å². The van der Waals surface area contributed by atoms with Gasteiger partial charge in [-0.15, -0.1) is 0 Å². The first kappa shape index (κ1) is 30.3. The standard InChI is InChI=1S/C33H33N7O6/c41-28(42)14-13-26(39-33(44)46-17-21-6-2-1-3-7-21)32(43)38-23-12-11-22-8-4-10-27(25(22)16-23)45-18-24-9-5-15-40(24)31-29-30(35-19-34-29)36-20-37-31/h1-4,6-8,10-12,16,19-20,24,26H,5,9,13-15,17-18H2,(H,38,43)(H,39,44)(H,41,42)(H,34,35,36,37)/t24-,26+/m1/s1. The number of aliphatic carboxylic acids is 1. The molecule has 1 saturated heterocycles. The van der Waals surface area contributed by atoms with Crippen molar-refractivity contribution in [3.8, 4) is 5.75 Å². The maximum Gasteiger partial charge on any atom is 0.408 e. The van der Waals surface area contributed by atoms with Crippen LogP contribution in [0, 0.1) is 0 Å². The van der Waals surface area contributed by atoms with Crippen molar-refractivity contribution in [2.75, 3.05) is 23.4 Å². The van der Waals surface area contributed by atoms with Crippen LogP contribution >= 0.6 is 0 Å². The van der Waals surface area contributed by atoms with E-state index < -0.39 is 24.0 Å². The van der Waals surface area contributed by atoms with Gasteiger partial charge in [0.1, 0.15) is 36.8 Å². The lowest BCUT2D eigenvalue weighted by Crippen LogP contribution is -2.44. The van der Waals surface area contributed by atoms with Gasteiger partial charge in [-0.25, -0.2) is 19.7 Å². The van der Waals surface area contributed by atoms with Gasteiger partial charge < -0.3 is 35.1 Å². The lowest BCUT2D eigenvalue weighted by Gasteiger charge is -2.26. The molecule has 2 amide bonds. The van der Waals surface area contributed by atoms with Crippen LogP contribution in [0.1, 0.15) is 31.2 Å². The molecule has 2 atom stereocenters. The number of fused-ring (bicyclic) bond motifs is 2. The number of aromatic nitrogens is 4. The van der Waals surface area contributed by atoms with Gasteiger partial charge in [0.2, 0.25) is 5.91 Å². The number of hydrogen-bond donors (Lipinski definition) is 4. The van der Waals surface area contributed by atoms with Crippen molar-refractivity contribution in [1.29, 1.82) is 0 Å². The highest BCUT2D eigenvalue weighted by Crippen LogP contribution is 2.31. The van der Waals surface area contributed by atoms with Crippen LogP contribution in [0.25, 0.3) is 21.9 Å². The van der Waals surface area contributed by atoms with E-state index in [9.17, 15) is 19.5 Å². The monoisotopic (exact) mass is 623 g/mol. The highest BCUT2D eigenvalue weighted by atomic mass is 16.5. The van der Waals surface area contributed by atoms with E-state index in [1.54, 1.807) is 30.6 Å². The molecular formula is C33H33N7O6. The number of alkyl carbamates (subject to hydrolysis) is 1. The van der Waals surface area contributed by atoms with Gasteiger partial charge in [0.05, 0.1) is 12.4 Å². The van der Waals surface area contributed by atoms with E-state index in [1.165, 1.54) is 6.33 Å². The van der Waals surface area contributed by atoms with Crippen LogP contribution in [0.4, 0.5) is 16.3 Å². The molecule has 0 aliphatic carbocycles. The topological polar surface area (TPSA) is 172 Å². The number of amides is 2. The highest BCUT2D eigenvalue weighted by Gasteiger charge is 2.29. The number of carbonyl (C=O) groups excluding carboxylic acids is 2. The average Bonchev–Trinajstić information content (AvgIpc) is 3.75. The summed E-state index contributed by atoms with van der Waals surface area (Å²) >= 11 is 0. The molecule has 13 nitrogen and oxygen atoms in total. The third-order valence-electron chi connectivity index (χ3n) is 7.86. The van der Waals surface area contributed by atoms with Crippen LogP contribution in [0.2, 0.25) is 0 Å². The maximum absolute atomic E-state index is 13.3. The van der Waals surface area contributed by atoms with Crippen molar-refractivity contribution >= 4 is 51.4 Å². The lowest BCUT2D eigenvalue weighted by molar-refractivity contribution is -0.137. The molecule has 3 heterocycles. The first-order valence-electron chi connectivity index (χ1n) is 15.0. The average molecular weight is 624 g/mol. The second-order valence-electron chi connectivity index (χ2n) is 11.0. The molecule has 0 spiro atoms. The van der Waals surface area contributed by atoms with Crippen molar-refractivity contribution in [3.63, 3.8) is 0 Å². The molecule has 1 fully saturated rings. The minimum absolute atomic E-state index is 0.0125. The molecule has 0 saturated carbocycles. The molecule has 3 aromatic carbocycles. The number of carboxylic acid groups (broad SMARTS) is 1. The molecule has 0 bridgehead atoms. The summed E-state index contributed by atoms with van der Waals surface area (Å²) in [5.41, 5.74) is 2.66. The van der Waals surface area contributed by atoms with E-state index in [2.05, 4.69) is 35.5 Å². The number of anilines is 2. The van der Waals surface area contributed by atoms with Gasteiger partial charge in [-0.1, -0.05) is 48.5 Å². The number of imidazole rings is 1. The van der Waals surface area contributed by atoms with Crippen molar-refractivity contribution in [2.45, 2.75) is 44.4 Å². The first-order valence-corrected chi connectivity index (χ1v) is 15.0. The van der Waals surface area contributed by atoms with E-state index in [0.29, 0.717) is 23.7 Å². The van der Waals surface area contributed by atoms with Gasteiger partial charge in [0, 0.05) is 24.0 Å². The minimum Gasteiger partial charge on any atom is -0.491 e. The summed E-state index contributed by atoms with van der Waals surface area (Å²) in [5, 5.41) is 16.2. The number of nitrogens with one attached hydrogen (secondary N) is 3. The van der Waals surface area contributed by atoms with Crippen LogP contribution < -0.4 is 20.3 Å². The van der Waals surface area contributed by atoms with Crippen LogP contribution in [0.5, 0.6) is 5.75 Å². The first-order chi connectivity index (χ1) is 22.4. The zero-order valence-electron chi connectivity index (χ0n) is 24.9. The summed E-state index contributed by atoms with van der Waals surface area (Å²) in [5.74, 6) is -0.196. The number of ether oxygens (including phenoxy) is 2. The maximum atomic E-state index is 13.3. The molecule has 46 heavy (non-hydrogen) atoms. The predicted molar refractivity (Wildman–Crippen MR) is 171 cm³/mol. The van der Waals surface area contributed by atoms with Crippen molar-refractivity contribution in [3.05, 3.63) is 84.9 Å². The summed E-state index contributed by atoms with van der Waals surface area (Å²) in [7, 11) is 0. The zero-order valence-corrected chi connectivity index (χ0v) is 24.9. The Hall–Kier alpha value is -5.72. The number of carboxylic acids is 1. The van der Waals surface area contributed by atoms with Gasteiger partial charge in [-0.3, -0.25) is 9.59 Å². The molecule has 0 unspecified atom stereocenters. The van der Waals surface area contributed by atoms with Gasteiger partial charge in [0.15, 0.2) is 11.5 Å². The summed E-state index contributed by atoms with van der Waals surface area (Å²) in [6, 6.07) is 19.2. The molecule has 0 radical (unpaired) electrons. The van der Waals surface area contributed by atoms with E-state index in [4.69, 9.17) is 9.47 Å². The molecule has 1 aliphatic heterocycles. The van der Waals surface area contributed by atoms with Gasteiger partial charge >= 0.3 is 12.1 Å². The predicted octanol–water partition coefficient (Wildman–Crippen LogP) is 4.65. The number of carbonyl (C=O) groups is 3. The van der Waals surface area contributed by atoms with Crippen LogP contribution in [0.3, 0.4) is 0 Å². The molecule has 236 valence electrons. The lowest BCUT2D eigenvalue weighted by atomic mass is 10.1.